The van der Waals surface area contributed by atoms with Gasteiger partial charge in [-0.1, -0.05) is 19.1 Å². The van der Waals surface area contributed by atoms with Crippen LogP contribution in [0, 0.1) is 41.5 Å². The molecule has 146 valence electrons. The Morgan fingerprint density at radius 3 is 1.63 bits per heavy atom. The van der Waals surface area contributed by atoms with E-state index in [4.69, 9.17) is 0 Å². The highest BCUT2D eigenvalue weighted by atomic mass is 16.3. The maximum atomic E-state index is 10.4. The number of rotatable bonds is 2. The summed E-state index contributed by atoms with van der Waals surface area (Å²) in [7, 11) is 0. The fourth-order valence-electron chi connectivity index (χ4n) is 5.07. The van der Waals surface area contributed by atoms with Crippen LogP contribution in [0.1, 0.15) is 83.0 Å². The molecule has 0 heterocycles. The largest absolute Gasteiger partial charge is 0.507 e. The van der Waals surface area contributed by atoms with Gasteiger partial charge in [0, 0.05) is 0 Å². The molecule has 0 atom stereocenters. The van der Waals surface area contributed by atoms with E-state index < -0.39 is 0 Å². The molecule has 1 aliphatic rings. The van der Waals surface area contributed by atoms with E-state index in [1.54, 1.807) is 0 Å². The van der Waals surface area contributed by atoms with Crippen LogP contribution in [0.5, 0.6) is 11.5 Å². The number of phenolic OH excluding ortho intramolecular Hbond substituents is 2. The van der Waals surface area contributed by atoms with E-state index in [0.29, 0.717) is 17.4 Å². The van der Waals surface area contributed by atoms with Crippen molar-refractivity contribution in [3.05, 3.63) is 56.6 Å². The maximum Gasteiger partial charge on any atom is 0.121 e. The molecule has 2 N–H and O–H groups in total. The molecule has 0 aromatic heterocycles. The minimum atomic E-state index is 0.169. The van der Waals surface area contributed by atoms with Crippen LogP contribution >= 0.6 is 0 Å². The summed E-state index contributed by atoms with van der Waals surface area (Å²) in [4.78, 5) is 0. The molecule has 1 saturated carbocycles. The van der Waals surface area contributed by atoms with Crippen molar-refractivity contribution in [3.8, 4) is 11.5 Å². The molecule has 0 amide bonds. The molecule has 2 nitrogen and oxygen atoms in total. The molecule has 1 aliphatic carbocycles. The second-order valence-corrected chi connectivity index (χ2v) is 9.06. The Bertz CT molecular complexity index is 832. The fourth-order valence-corrected chi connectivity index (χ4v) is 5.07. The number of aromatic hydroxyl groups is 2. The summed E-state index contributed by atoms with van der Waals surface area (Å²) in [5, 5.41) is 20.5. The Hall–Kier alpha value is -1.96. The first-order valence-electron chi connectivity index (χ1n) is 10.2. The first-order chi connectivity index (χ1) is 12.6. The monoisotopic (exact) mass is 366 g/mol. The molecular formula is C25H34O2. The van der Waals surface area contributed by atoms with Gasteiger partial charge in [0.15, 0.2) is 0 Å². The maximum absolute atomic E-state index is 10.4. The first kappa shape index (κ1) is 19.8. The van der Waals surface area contributed by atoms with Gasteiger partial charge in [0.2, 0.25) is 0 Å². The number of benzene rings is 2. The second kappa shape index (κ2) is 6.89. The summed E-state index contributed by atoms with van der Waals surface area (Å²) in [6.45, 7) is 14.8. The molecule has 2 aromatic carbocycles. The summed E-state index contributed by atoms with van der Waals surface area (Å²) in [6, 6.07) is 4.35. The molecule has 0 spiro atoms. The predicted octanol–water partition coefficient (Wildman–Crippen LogP) is 6.56. The summed E-state index contributed by atoms with van der Waals surface area (Å²) >= 11 is 0. The second-order valence-electron chi connectivity index (χ2n) is 9.06. The van der Waals surface area contributed by atoms with Crippen LogP contribution in [-0.4, -0.2) is 10.2 Å². The van der Waals surface area contributed by atoms with Crippen LogP contribution in [0.4, 0.5) is 0 Å². The SMILES string of the molecule is Cc1cc(C2(C)CCC(c3c(C)c(C)c(O)c(C)c3C)CC2)cc(C)c1O. The lowest BCUT2D eigenvalue weighted by atomic mass is 9.65. The van der Waals surface area contributed by atoms with E-state index >= 15 is 0 Å². The topological polar surface area (TPSA) is 40.5 Å². The molecular weight excluding hydrogens is 332 g/mol. The molecule has 0 unspecified atom stereocenters. The van der Waals surface area contributed by atoms with E-state index in [0.717, 1.165) is 35.1 Å². The smallest absolute Gasteiger partial charge is 0.121 e. The summed E-state index contributed by atoms with van der Waals surface area (Å²) < 4.78 is 0. The third-order valence-electron chi connectivity index (χ3n) is 7.33. The van der Waals surface area contributed by atoms with Crippen molar-refractivity contribution in [1.82, 2.24) is 0 Å². The number of hydrogen-bond acceptors (Lipinski definition) is 2. The molecule has 0 bridgehead atoms. The van der Waals surface area contributed by atoms with Crippen molar-refractivity contribution in [3.63, 3.8) is 0 Å². The Balaban J connectivity index is 1.90. The molecule has 0 radical (unpaired) electrons. The molecule has 1 fully saturated rings. The minimum absolute atomic E-state index is 0.169. The quantitative estimate of drug-likeness (QED) is 0.631. The van der Waals surface area contributed by atoms with Gasteiger partial charge in [-0.05, 0) is 123 Å². The molecule has 0 aliphatic heterocycles. The number of aryl methyl sites for hydroxylation is 2. The standard InChI is InChI=1S/C25H34O2/c1-14-12-21(13-15(2)23(14)26)25(7)10-8-20(9-11-25)22-16(3)18(5)24(27)19(6)17(22)4/h12-13,20,26-27H,8-11H2,1-7H3. The molecule has 2 aromatic rings. The van der Waals surface area contributed by atoms with E-state index in [1.807, 2.05) is 27.7 Å². The Labute approximate surface area is 164 Å². The van der Waals surface area contributed by atoms with Gasteiger partial charge in [-0.25, -0.2) is 0 Å². The van der Waals surface area contributed by atoms with Gasteiger partial charge in [-0.3, -0.25) is 0 Å². The van der Waals surface area contributed by atoms with Crippen LogP contribution in [0.3, 0.4) is 0 Å². The summed E-state index contributed by atoms with van der Waals surface area (Å²) in [6.07, 6.45) is 4.64. The average molecular weight is 367 g/mol. The van der Waals surface area contributed by atoms with Crippen molar-refractivity contribution < 1.29 is 10.2 Å². The number of phenols is 2. The highest BCUT2D eigenvalue weighted by Crippen LogP contribution is 2.48. The van der Waals surface area contributed by atoms with E-state index in [2.05, 4.69) is 32.9 Å². The van der Waals surface area contributed by atoms with Crippen molar-refractivity contribution in [2.75, 3.05) is 0 Å². The summed E-state index contributed by atoms with van der Waals surface area (Å²) in [5.41, 5.74) is 9.54. The van der Waals surface area contributed by atoms with Crippen molar-refractivity contribution in [2.24, 2.45) is 0 Å². The van der Waals surface area contributed by atoms with Crippen LogP contribution in [0.2, 0.25) is 0 Å². The van der Waals surface area contributed by atoms with Crippen LogP contribution < -0.4 is 0 Å². The lowest BCUT2D eigenvalue weighted by molar-refractivity contribution is 0.290. The zero-order valence-electron chi connectivity index (χ0n) is 18.0. The van der Waals surface area contributed by atoms with E-state index in [1.165, 1.54) is 35.1 Å². The van der Waals surface area contributed by atoms with E-state index in [9.17, 15) is 10.2 Å². The highest BCUT2D eigenvalue weighted by molar-refractivity contribution is 5.54. The number of hydrogen-bond donors (Lipinski definition) is 2. The molecule has 3 rings (SSSR count). The first-order valence-corrected chi connectivity index (χ1v) is 10.2. The average Bonchev–Trinajstić information content (AvgIpc) is 2.64. The highest BCUT2D eigenvalue weighted by Gasteiger charge is 2.35. The predicted molar refractivity (Wildman–Crippen MR) is 113 cm³/mol. The normalized spacial score (nSPS) is 22.9. The summed E-state index contributed by atoms with van der Waals surface area (Å²) in [5.74, 6) is 1.46. The Morgan fingerprint density at radius 1 is 0.741 bits per heavy atom. The van der Waals surface area contributed by atoms with Gasteiger partial charge in [0.05, 0.1) is 0 Å². The molecule has 2 heteroatoms. The van der Waals surface area contributed by atoms with Crippen LogP contribution in [-0.2, 0) is 5.41 Å². The van der Waals surface area contributed by atoms with Gasteiger partial charge in [-0.2, -0.15) is 0 Å². The van der Waals surface area contributed by atoms with Gasteiger partial charge in [-0.15, -0.1) is 0 Å². The third kappa shape index (κ3) is 3.24. The van der Waals surface area contributed by atoms with Gasteiger partial charge in [0.25, 0.3) is 0 Å². The van der Waals surface area contributed by atoms with Gasteiger partial charge < -0.3 is 10.2 Å². The Kier molecular flexibility index (Phi) is 5.05. The molecule has 27 heavy (non-hydrogen) atoms. The minimum Gasteiger partial charge on any atom is -0.507 e. The van der Waals surface area contributed by atoms with Crippen molar-refractivity contribution >= 4 is 0 Å². The van der Waals surface area contributed by atoms with Crippen LogP contribution in [0.15, 0.2) is 12.1 Å². The zero-order valence-corrected chi connectivity index (χ0v) is 18.0. The third-order valence-corrected chi connectivity index (χ3v) is 7.33. The zero-order chi connectivity index (χ0) is 20.1. The van der Waals surface area contributed by atoms with Gasteiger partial charge in [0.1, 0.15) is 11.5 Å². The van der Waals surface area contributed by atoms with Crippen LogP contribution in [0.25, 0.3) is 0 Å². The van der Waals surface area contributed by atoms with Crippen molar-refractivity contribution in [1.29, 1.82) is 0 Å². The lowest BCUT2D eigenvalue weighted by Crippen LogP contribution is -2.28. The lowest BCUT2D eigenvalue weighted by Gasteiger charge is -2.39. The van der Waals surface area contributed by atoms with Crippen molar-refractivity contribution in [2.45, 2.75) is 85.5 Å². The Morgan fingerprint density at radius 2 is 1.19 bits per heavy atom. The van der Waals surface area contributed by atoms with Gasteiger partial charge >= 0.3 is 0 Å². The van der Waals surface area contributed by atoms with E-state index in [-0.39, 0.29) is 5.41 Å². The molecule has 0 saturated heterocycles. The fraction of sp³-hybridized carbons (Fsp3) is 0.520.